The van der Waals surface area contributed by atoms with E-state index < -0.39 is 30.7 Å². The molecular formula is C6H12O5. The standard InChI is InChI=1S/C6H12O5/c1-6(10)5(9)4(8)3(2-7)11-6/h3-5,7-10H,2H2,1H3/t3-,4+,5?,6+/m1/s1. The maximum Gasteiger partial charge on any atom is 0.192 e. The molecule has 1 unspecified atom stereocenters. The summed E-state index contributed by atoms with van der Waals surface area (Å²) in [6.07, 6.45) is -3.49. The van der Waals surface area contributed by atoms with Gasteiger partial charge < -0.3 is 25.2 Å². The zero-order chi connectivity index (χ0) is 8.65. The van der Waals surface area contributed by atoms with Crippen molar-refractivity contribution in [3.8, 4) is 0 Å². The summed E-state index contributed by atoms with van der Waals surface area (Å²) in [4.78, 5) is 0. The van der Waals surface area contributed by atoms with Crippen molar-refractivity contribution in [2.45, 2.75) is 31.0 Å². The molecule has 1 saturated heterocycles. The molecule has 4 N–H and O–H groups in total. The van der Waals surface area contributed by atoms with Crippen LogP contribution in [-0.4, -0.2) is 51.1 Å². The third-order valence-electron chi connectivity index (χ3n) is 1.82. The average Bonchev–Trinajstić information content (AvgIpc) is 2.13. The maximum absolute atomic E-state index is 9.19. The van der Waals surface area contributed by atoms with E-state index in [1.165, 1.54) is 6.92 Å². The highest BCUT2D eigenvalue weighted by Gasteiger charge is 2.49. The van der Waals surface area contributed by atoms with Crippen LogP contribution < -0.4 is 0 Å². The number of aliphatic hydroxyl groups is 4. The quantitative estimate of drug-likeness (QED) is 0.353. The van der Waals surface area contributed by atoms with Crippen molar-refractivity contribution in [3.63, 3.8) is 0 Å². The first-order valence-corrected chi connectivity index (χ1v) is 3.36. The Hall–Kier alpha value is -0.200. The summed E-state index contributed by atoms with van der Waals surface area (Å²) < 4.78 is 4.73. The van der Waals surface area contributed by atoms with Gasteiger partial charge in [0.05, 0.1) is 6.61 Å². The molecule has 0 bridgehead atoms. The number of aliphatic hydroxyl groups excluding tert-OH is 3. The molecule has 5 nitrogen and oxygen atoms in total. The summed E-state index contributed by atoms with van der Waals surface area (Å²) in [5.41, 5.74) is 0. The molecule has 1 aliphatic heterocycles. The van der Waals surface area contributed by atoms with E-state index in [0.29, 0.717) is 0 Å². The van der Waals surface area contributed by atoms with E-state index >= 15 is 0 Å². The first-order chi connectivity index (χ1) is 4.99. The Morgan fingerprint density at radius 3 is 2.18 bits per heavy atom. The van der Waals surface area contributed by atoms with E-state index in [0.717, 1.165) is 0 Å². The monoisotopic (exact) mass is 164 g/mol. The Balaban J connectivity index is 2.69. The topological polar surface area (TPSA) is 90.2 Å². The first-order valence-electron chi connectivity index (χ1n) is 3.36. The molecule has 4 atom stereocenters. The van der Waals surface area contributed by atoms with Crippen LogP contribution in [0.4, 0.5) is 0 Å². The van der Waals surface area contributed by atoms with Crippen molar-refractivity contribution in [1.82, 2.24) is 0 Å². The van der Waals surface area contributed by atoms with Gasteiger partial charge in [-0.1, -0.05) is 0 Å². The number of ether oxygens (including phenoxy) is 1. The molecule has 0 aliphatic carbocycles. The van der Waals surface area contributed by atoms with E-state index in [9.17, 15) is 5.11 Å². The van der Waals surface area contributed by atoms with Crippen molar-refractivity contribution in [1.29, 1.82) is 0 Å². The zero-order valence-electron chi connectivity index (χ0n) is 6.14. The molecule has 0 spiro atoms. The van der Waals surface area contributed by atoms with Gasteiger partial charge in [0.15, 0.2) is 5.79 Å². The van der Waals surface area contributed by atoms with Gasteiger partial charge in [-0.2, -0.15) is 0 Å². The Labute approximate surface area is 63.8 Å². The minimum Gasteiger partial charge on any atom is -0.394 e. The molecule has 0 aromatic rings. The molecule has 0 aromatic heterocycles. The van der Waals surface area contributed by atoms with Gasteiger partial charge in [-0.3, -0.25) is 0 Å². The van der Waals surface area contributed by atoms with Crippen molar-refractivity contribution in [3.05, 3.63) is 0 Å². The molecule has 1 heterocycles. The molecule has 0 amide bonds. The maximum atomic E-state index is 9.19. The molecule has 5 heteroatoms. The van der Waals surface area contributed by atoms with Gasteiger partial charge in [0.25, 0.3) is 0 Å². The minimum atomic E-state index is -1.76. The van der Waals surface area contributed by atoms with Crippen LogP contribution in [0.25, 0.3) is 0 Å². The average molecular weight is 164 g/mol. The van der Waals surface area contributed by atoms with Crippen LogP contribution in [-0.2, 0) is 4.74 Å². The molecule has 0 saturated carbocycles. The summed E-state index contributed by atoms with van der Waals surface area (Å²) >= 11 is 0. The highest BCUT2D eigenvalue weighted by molar-refractivity contribution is 4.92. The summed E-state index contributed by atoms with van der Waals surface area (Å²) in [7, 11) is 0. The molecule has 0 aromatic carbocycles. The fourth-order valence-electron chi connectivity index (χ4n) is 1.11. The van der Waals surface area contributed by atoms with Gasteiger partial charge in [0.2, 0.25) is 0 Å². The Morgan fingerprint density at radius 1 is 1.45 bits per heavy atom. The normalized spacial score (nSPS) is 51.5. The van der Waals surface area contributed by atoms with Gasteiger partial charge in [0, 0.05) is 0 Å². The van der Waals surface area contributed by atoms with E-state index in [2.05, 4.69) is 0 Å². The Kier molecular flexibility index (Phi) is 2.17. The van der Waals surface area contributed by atoms with Gasteiger partial charge in [-0.25, -0.2) is 0 Å². The van der Waals surface area contributed by atoms with Crippen LogP contribution in [0.3, 0.4) is 0 Å². The molecule has 1 rings (SSSR count). The van der Waals surface area contributed by atoms with Crippen molar-refractivity contribution in [2.24, 2.45) is 0 Å². The SMILES string of the molecule is C[C@]1(O)O[C@H](CO)[C@H](O)C1O. The number of hydrogen-bond acceptors (Lipinski definition) is 5. The second kappa shape index (κ2) is 2.69. The molecule has 0 radical (unpaired) electrons. The Bertz CT molecular complexity index is 146. The van der Waals surface area contributed by atoms with E-state index in [4.69, 9.17) is 20.1 Å². The van der Waals surface area contributed by atoms with Gasteiger partial charge >= 0.3 is 0 Å². The van der Waals surface area contributed by atoms with E-state index in [1.807, 2.05) is 0 Å². The molecule has 11 heavy (non-hydrogen) atoms. The van der Waals surface area contributed by atoms with Crippen LogP contribution in [0.1, 0.15) is 6.92 Å². The minimum absolute atomic E-state index is 0.422. The first kappa shape index (κ1) is 8.89. The lowest BCUT2D eigenvalue weighted by Crippen LogP contribution is -2.40. The summed E-state index contributed by atoms with van der Waals surface area (Å²) in [6, 6.07) is 0. The third-order valence-corrected chi connectivity index (χ3v) is 1.82. The fourth-order valence-corrected chi connectivity index (χ4v) is 1.11. The van der Waals surface area contributed by atoms with Crippen molar-refractivity contribution < 1.29 is 25.2 Å². The lowest BCUT2D eigenvalue weighted by atomic mass is 10.1. The smallest absolute Gasteiger partial charge is 0.192 e. The van der Waals surface area contributed by atoms with E-state index in [-0.39, 0.29) is 0 Å². The zero-order valence-corrected chi connectivity index (χ0v) is 6.14. The van der Waals surface area contributed by atoms with Crippen LogP contribution >= 0.6 is 0 Å². The predicted molar refractivity (Wildman–Crippen MR) is 34.6 cm³/mol. The van der Waals surface area contributed by atoms with Crippen LogP contribution in [0.5, 0.6) is 0 Å². The second-order valence-electron chi connectivity index (χ2n) is 2.83. The van der Waals surface area contributed by atoms with Gasteiger partial charge in [-0.05, 0) is 6.92 Å². The Morgan fingerprint density at radius 2 is 2.00 bits per heavy atom. The largest absolute Gasteiger partial charge is 0.394 e. The van der Waals surface area contributed by atoms with Crippen molar-refractivity contribution in [2.75, 3.05) is 6.61 Å². The molecule has 66 valence electrons. The van der Waals surface area contributed by atoms with Crippen LogP contribution in [0.2, 0.25) is 0 Å². The summed E-state index contributed by atoms with van der Waals surface area (Å²) in [5, 5.41) is 36.0. The van der Waals surface area contributed by atoms with Crippen LogP contribution in [0, 0.1) is 0 Å². The molecule has 1 aliphatic rings. The fraction of sp³-hybridized carbons (Fsp3) is 1.00. The summed E-state index contributed by atoms with van der Waals surface area (Å²) in [5.74, 6) is -1.76. The van der Waals surface area contributed by atoms with Crippen molar-refractivity contribution >= 4 is 0 Å². The van der Waals surface area contributed by atoms with Crippen LogP contribution in [0.15, 0.2) is 0 Å². The predicted octanol–water partition coefficient (Wildman–Crippen LogP) is -2.19. The number of rotatable bonds is 1. The molecular weight excluding hydrogens is 152 g/mol. The highest BCUT2D eigenvalue weighted by atomic mass is 16.7. The van der Waals surface area contributed by atoms with Gasteiger partial charge in [0.1, 0.15) is 18.3 Å². The van der Waals surface area contributed by atoms with E-state index in [1.54, 1.807) is 0 Å². The second-order valence-corrected chi connectivity index (χ2v) is 2.83. The number of hydrogen-bond donors (Lipinski definition) is 4. The highest BCUT2D eigenvalue weighted by Crippen LogP contribution is 2.27. The lowest BCUT2D eigenvalue weighted by molar-refractivity contribution is -0.217. The lowest BCUT2D eigenvalue weighted by Gasteiger charge is -2.19. The summed E-state index contributed by atoms with van der Waals surface area (Å²) in [6.45, 7) is 0.810. The van der Waals surface area contributed by atoms with Gasteiger partial charge in [-0.15, -0.1) is 0 Å². The third kappa shape index (κ3) is 1.38. The molecule has 1 fully saturated rings.